The van der Waals surface area contributed by atoms with Crippen LogP contribution in [0, 0.1) is 5.41 Å². The van der Waals surface area contributed by atoms with Crippen LogP contribution in [0.15, 0.2) is 42.0 Å². The van der Waals surface area contributed by atoms with E-state index in [9.17, 15) is 36.3 Å². The number of halogens is 5. The van der Waals surface area contributed by atoms with Crippen LogP contribution in [0.2, 0.25) is 5.82 Å². The normalized spacial score (nSPS) is 18.6. The van der Waals surface area contributed by atoms with E-state index in [0.717, 1.165) is 36.5 Å². The number of Topliss-reactive ketones (excluding diaryl/α,β-unsaturated/α-hetero) is 1. The van der Waals surface area contributed by atoms with Gasteiger partial charge in [-0.1, -0.05) is 0 Å². The van der Waals surface area contributed by atoms with Crippen LogP contribution in [0.4, 0.5) is 27.6 Å². The first-order chi connectivity index (χ1) is 15.8. The molecule has 0 spiro atoms. The molecule has 34 heavy (non-hydrogen) atoms. The van der Waals surface area contributed by atoms with E-state index >= 15 is 0 Å². The number of fused-ring (bicyclic) bond motifs is 2. The predicted octanol–water partition coefficient (Wildman–Crippen LogP) is 3.95. The molecule has 180 valence electrons. The first-order valence-electron chi connectivity index (χ1n) is 10.5. The molecule has 1 unspecified atom stereocenters. The summed E-state index contributed by atoms with van der Waals surface area (Å²) in [5.74, 6) is -7.48. The molecule has 0 saturated carbocycles. The van der Waals surface area contributed by atoms with Crippen LogP contribution >= 0.6 is 0 Å². The number of carbonyl (C=O) groups excluding carboxylic acids is 3. The molecule has 3 rings (SSSR count). The first kappa shape index (κ1) is 25.5. The van der Waals surface area contributed by atoms with Gasteiger partial charge in [-0.2, -0.15) is 0 Å². The molecule has 0 fully saturated rings. The summed E-state index contributed by atoms with van der Waals surface area (Å²) in [7, 11) is 0. The number of alkyl halides is 5. The van der Waals surface area contributed by atoms with Gasteiger partial charge in [0.25, 0.3) is 0 Å². The van der Waals surface area contributed by atoms with E-state index in [1.807, 2.05) is 24.3 Å². The van der Waals surface area contributed by atoms with Gasteiger partial charge in [0.1, 0.15) is 0 Å². The van der Waals surface area contributed by atoms with Crippen molar-refractivity contribution < 1.29 is 36.3 Å². The molecule has 11 heteroatoms. The molecule has 2 N–H and O–H groups in total. The second kappa shape index (κ2) is 9.27. The van der Waals surface area contributed by atoms with Crippen LogP contribution in [0.1, 0.15) is 32.3 Å². The van der Waals surface area contributed by atoms with Crippen molar-refractivity contribution in [3.8, 4) is 0 Å². The molecule has 0 bridgehead atoms. The fraction of sp³-hybridized carbons (Fsp3) is 0.391. The SMILES string of the molecule is CC(C)(C(=O)C=BC1C(=O)Nc2ccccc2C2=C1CCC=C2)C(=O)NCC(F)(F)C(F)(F)F. The Morgan fingerprint density at radius 2 is 1.85 bits per heavy atom. The van der Waals surface area contributed by atoms with Crippen molar-refractivity contribution in [2.75, 3.05) is 11.9 Å². The summed E-state index contributed by atoms with van der Waals surface area (Å²) in [4.78, 5) is 37.9. The standard InChI is InChI=1S/C23H22BF5N2O3/c1-21(2,20(34)30-12-22(25,26)23(27,28)29)17(32)11-24-18-15-9-4-3-7-13(15)14-8-5-6-10-16(14)31-19(18)33/h3,5-8,10-11,18H,4,9,12H2,1-2H3,(H,30,34)(H,31,33). The number of anilines is 1. The third-order valence-electron chi connectivity index (χ3n) is 5.85. The minimum absolute atomic E-state index is 0.385. The topological polar surface area (TPSA) is 75.3 Å². The molecule has 0 aromatic heterocycles. The number of para-hydroxylation sites is 1. The fourth-order valence-corrected chi connectivity index (χ4v) is 3.68. The molecule has 1 aliphatic heterocycles. The Labute approximate surface area is 193 Å². The van der Waals surface area contributed by atoms with Gasteiger partial charge >= 0.3 is 193 Å². The van der Waals surface area contributed by atoms with E-state index < -0.39 is 41.6 Å². The monoisotopic (exact) mass is 480 g/mol. The quantitative estimate of drug-likeness (QED) is 0.368. The summed E-state index contributed by atoms with van der Waals surface area (Å²) in [6.07, 6.45) is -0.708. The average Bonchev–Trinajstić information content (AvgIpc) is 2.88. The first-order valence-corrected chi connectivity index (χ1v) is 10.5. The number of ketones is 1. The number of hydrogen-bond donors (Lipinski definition) is 2. The van der Waals surface area contributed by atoms with Crippen molar-refractivity contribution in [3.05, 3.63) is 47.6 Å². The van der Waals surface area contributed by atoms with Gasteiger partial charge in [0.15, 0.2) is 0 Å². The van der Waals surface area contributed by atoms with Crippen LogP contribution < -0.4 is 10.6 Å². The summed E-state index contributed by atoms with van der Waals surface area (Å²) in [5, 5.41) is 4.32. The van der Waals surface area contributed by atoms with E-state index in [2.05, 4.69) is 5.32 Å². The van der Waals surface area contributed by atoms with Crippen LogP contribution in [0.25, 0.3) is 5.57 Å². The molecular formula is C23H22BF5N2O3. The number of nitrogens with one attached hydrogen (secondary N) is 2. The Balaban J connectivity index is 1.81. The molecule has 1 heterocycles. The number of hydrogen-bond acceptors (Lipinski definition) is 3. The molecule has 1 aliphatic carbocycles. The zero-order valence-electron chi connectivity index (χ0n) is 18.4. The van der Waals surface area contributed by atoms with Gasteiger partial charge in [-0.3, -0.25) is 0 Å². The van der Waals surface area contributed by atoms with E-state index in [1.165, 1.54) is 12.2 Å². The van der Waals surface area contributed by atoms with Gasteiger partial charge in [0.05, 0.1) is 0 Å². The molecular weight excluding hydrogens is 458 g/mol. The zero-order valence-corrected chi connectivity index (χ0v) is 18.4. The van der Waals surface area contributed by atoms with Crippen molar-refractivity contribution in [1.82, 2.24) is 5.32 Å². The van der Waals surface area contributed by atoms with Crippen LogP contribution in [-0.2, 0) is 14.4 Å². The molecule has 5 nitrogen and oxygen atoms in total. The summed E-state index contributed by atoms with van der Waals surface area (Å²) >= 11 is 0. The van der Waals surface area contributed by atoms with Gasteiger partial charge < -0.3 is 0 Å². The third kappa shape index (κ3) is 5.02. The van der Waals surface area contributed by atoms with E-state index in [-0.39, 0.29) is 5.91 Å². The van der Waals surface area contributed by atoms with Crippen molar-refractivity contribution in [1.29, 1.82) is 0 Å². The second-order valence-corrected chi connectivity index (χ2v) is 8.63. The number of rotatable bonds is 6. The van der Waals surface area contributed by atoms with E-state index in [0.29, 0.717) is 18.5 Å². The number of allylic oxidation sites excluding steroid dienone is 3. The Hall–Kier alpha value is -3.11. The van der Waals surface area contributed by atoms with Crippen LogP contribution in [0.5, 0.6) is 0 Å². The predicted molar refractivity (Wildman–Crippen MR) is 119 cm³/mol. The maximum absolute atomic E-state index is 13.1. The summed E-state index contributed by atoms with van der Waals surface area (Å²) in [6, 6.07) is 7.22. The fourth-order valence-electron chi connectivity index (χ4n) is 3.68. The Kier molecular flexibility index (Phi) is 6.96. The minimum atomic E-state index is -5.83. The zero-order chi connectivity index (χ0) is 25.3. The molecule has 2 amide bonds. The molecule has 0 radical (unpaired) electrons. The molecule has 1 aromatic rings. The average molecular weight is 480 g/mol. The summed E-state index contributed by atoms with van der Waals surface area (Å²) in [5.41, 5.74) is 1.12. The van der Waals surface area contributed by atoms with Gasteiger partial charge in [-0.25, -0.2) is 0 Å². The molecule has 1 atom stereocenters. The van der Waals surface area contributed by atoms with E-state index in [1.54, 1.807) is 12.1 Å². The van der Waals surface area contributed by atoms with Crippen molar-refractivity contribution in [2.24, 2.45) is 5.41 Å². The second-order valence-electron chi connectivity index (χ2n) is 8.63. The third-order valence-corrected chi connectivity index (χ3v) is 5.85. The number of benzene rings is 1. The van der Waals surface area contributed by atoms with Crippen molar-refractivity contribution in [3.63, 3.8) is 0 Å². The van der Waals surface area contributed by atoms with Crippen molar-refractivity contribution in [2.45, 2.75) is 44.6 Å². The van der Waals surface area contributed by atoms with Crippen LogP contribution in [0.3, 0.4) is 0 Å². The molecule has 1 aromatic carbocycles. The molecule has 0 saturated heterocycles. The van der Waals surface area contributed by atoms with Gasteiger partial charge in [0.2, 0.25) is 0 Å². The Morgan fingerprint density at radius 3 is 2.53 bits per heavy atom. The maximum atomic E-state index is 13.1. The number of amides is 2. The Bertz CT molecular complexity index is 1110. The van der Waals surface area contributed by atoms with Crippen molar-refractivity contribution >= 4 is 41.7 Å². The van der Waals surface area contributed by atoms with E-state index in [4.69, 9.17) is 0 Å². The Morgan fingerprint density at radius 1 is 1.18 bits per heavy atom. The number of carbonyl (C=O) groups is 3. The van der Waals surface area contributed by atoms with Gasteiger partial charge in [-0.05, 0) is 0 Å². The van der Waals surface area contributed by atoms with Gasteiger partial charge in [0, 0.05) is 0 Å². The summed E-state index contributed by atoms with van der Waals surface area (Å²) < 4.78 is 63.3. The molecule has 2 aliphatic rings. The van der Waals surface area contributed by atoms with Crippen LogP contribution in [-0.4, -0.2) is 49.1 Å². The summed E-state index contributed by atoms with van der Waals surface area (Å²) in [6.45, 7) is 1.56. The van der Waals surface area contributed by atoms with Gasteiger partial charge in [-0.15, -0.1) is 0 Å².